The molecule has 18 heavy (non-hydrogen) atoms. The van der Waals surface area contributed by atoms with Crippen LogP contribution in [0.15, 0.2) is 12.3 Å². The highest BCUT2D eigenvalue weighted by molar-refractivity contribution is 5.74. The monoisotopic (exact) mass is 251 g/mol. The SMILES string of the molecule is CCCCC(C)Nc1c(N(C)C)ccnc1OC. The molecule has 0 saturated heterocycles. The molecule has 4 nitrogen and oxygen atoms in total. The van der Waals surface area contributed by atoms with Gasteiger partial charge in [-0.2, -0.15) is 0 Å². The van der Waals surface area contributed by atoms with Crippen molar-refractivity contribution < 1.29 is 4.74 Å². The summed E-state index contributed by atoms with van der Waals surface area (Å²) in [4.78, 5) is 6.33. The van der Waals surface area contributed by atoms with Crippen molar-refractivity contribution in [2.75, 3.05) is 31.4 Å². The number of hydrogen-bond donors (Lipinski definition) is 1. The number of nitrogens with one attached hydrogen (secondary N) is 1. The average Bonchev–Trinajstić information content (AvgIpc) is 2.36. The van der Waals surface area contributed by atoms with Crippen LogP contribution in [0.1, 0.15) is 33.1 Å². The van der Waals surface area contributed by atoms with Crippen LogP contribution < -0.4 is 15.0 Å². The summed E-state index contributed by atoms with van der Waals surface area (Å²) in [6.45, 7) is 4.41. The Morgan fingerprint density at radius 3 is 2.72 bits per heavy atom. The number of aromatic nitrogens is 1. The van der Waals surface area contributed by atoms with E-state index in [4.69, 9.17) is 4.74 Å². The highest BCUT2D eigenvalue weighted by Gasteiger charge is 2.14. The van der Waals surface area contributed by atoms with Crippen molar-refractivity contribution in [2.45, 2.75) is 39.2 Å². The largest absolute Gasteiger partial charge is 0.479 e. The van der Waals surface area contributed by atoms with Gasteiger partial charge < -0.3 is 15.0 Å². The Bertz CT molecular complexity index is 366. The quantitative estimate of drug-likeness (QED) is 0.808. The third-order valence-corrected chi connectivity index (χ3v) is 2.95. The van der Waals surface area contributed by atoms with E-state index in [1.807, 2.05) is 20.2 Å². The zero-order valence-electron chi connectivity index (χ0n) is 12.2. The standard InChI is InChI=1S/C14H25N3O/c1-6-7-8-11(2)16-13-12(17(3)4)9-10-15-14(13)18-5/h9-11,16H,6-8H2,1-5H3. The molecule has 0 saturated carbocycles. The Morgan fingerprint density at radius 2 is 2.17 bits per heavy atom. The van der Waals surface area contributed by atoms with Crippen LogP contribution in [0.4, 0.5) is 11.4 Å². The first-order valence-corrected chi connectivity index (χ1v) is 6.57. The summed E-state index contributed by atoms with van der Waals surface area (Å²) in [7, 11) is 5.71. The molecule has 0 aliphatic heterocycles. The van der Waals surface area contributed by atoms with Gasteiger partial charge in [0.05, 0.1) is 12.8 Å². The number of hydrogen-bond acceptors (Lipinski definition) is 4. The summed E-state index contributed by atoms with van der Waals surface area (Å²) in [5.41, 5.74) is 2.08. The lowest BCUT2D eigenvalue weighted by Gasteiger charge is -2.23. The Morgan fingerprint density at radius 1 is 1.44 bits per heavy atom. The maximum atomic E-state index is 5.34. The first-order valence-electron chi connectivity index (χ1n) is 6.57. The second-order valence-corrected chi connectivity index (χ2v) is 4.80. The second kappa shape index (κ2) is 7.09. The zero-order chi connectivity index (χ0) is 13.5. The van der Waals surface area contributed by atoms with E-state index in [1.165, 1.54) is 12.8 Å². The van der Waals surface area contributed by atoms with E-state index in [0.717, 1.165) is 17.8 Å². The zero-order valence-corrected chi connectivity index (χ0v) is 12.2. The summed E-state index contributed by atoms with van der Waals surface area (Å²) < 4.78 is 5.34. The molecule has 1 aromatic heterocycles. The predicted octanol–water partition coefficient (Wildman–Crippen LogP) is 3.15. The van der Waals surface area contributed by atoms with Crippen molar-refractivity contribution in [1.29, 1.82) is 0 Å². The van der Waals surface area contributed by atoms with Crippen LogP contribution in [0.3, 0.4) is 0 Å². The molecular weight excluding hydrogens is 226 g/mol. The van der Waals surface area contributed by atoms with E-state index < -0.39 is 0 Å². The van der Waals surface area contributed by atoms with E-state index >= 15 is 0 Å². The van der Waals surface area contributed by atoms with E-state index in [2.05, 4.69) is 29.0 Å². The first-order chi connectivity index (χ1) is 8.60. The molecule has 1 N–H and O–H groups in total. The Hall–Kier alpha value is -1.45. The van der Waals surface area contributed by atoms with Gasteiger partial charge in [0, 0.05) is 26.3 Å². The van der Waals surface area contributed by atoms with Crippen LogP contribution in [0.25, 0.3) is 0 Å². The fourth-order valence-electron chi connectivity index (χ4n) is 1.93. The van der Waals surface area contributed by atoms with Gasteiger partial charge in [-0.3, -0.25) is 0 Å². The fraction of sp³-hybridized carbons (Fsp3) is 0.643. The molecule has 0 aliphatic rings. The average molecular weight is 251 g/mol. The molecule has 102 valence electrons. The van der Waals surface area contributed by atoms with E-state index in [9.17, 15) is 0 Å². The molecule has 4 heteroatoms. The molecule has 0 amide bonds. The maximum Gasteiger partial charge on any atom is 0.239 e. The van der Waals surface area contributed by atoms with Gasteiger partial charge in [0.25, 0.3) is 0 Å². The molecule has 0 aliphatic carbocycles. The number of pyridine rings is 1. The first kappa shape index (κ1) is 14.6. The minimum absolute atomic E-state index is 0.418. The Labute approximate surface area is 110 Å². The smallest absolute Gasteiger partial charge is 0.239 e. The second-order valence-electron chi connectivity index (χ2n) is 4.80. The van der Waals surface area contributed by atoms with Crippen LogP contribution in [0, 0.1) is 0 Å². The number of nitrogens with zero attached hydrogens (tertiary/aromatic N) is 2. The number of anilines is 2. The molecule has 0 aromatic carbocycles. The molecule has 1 atom stereocenters. The summed E-state index contributed by atoms with van der Waals surface area (Å²) in [5, 5.41) is 3.52. The number of ether oxygens (including phenoxy) is 1. The molecule has 0 bridgehead atoms. The van der Waals surface area contributed by atoms with Crippen LogP contribution in [0.2, 0.25) is 0 Å². The van der Waals surface area contributed by atoms with Crippen LogP contribution in [-0.2, 0) is 0 Å². The van der Waals surface area contributed by atoms with Gasteiger partial charge >= 0.3 is 0 Å². The van der Waals surface area contributed by atoms with Gasteiger partial charge in [-0.05, 0) is 19.4 Å². The van der Waals surface area contributed by atoms with Crippen molar-refractivity contribution in [3.63, 3.8) is 0 Å². The van der Waals surface area contributed by atoms with Gasteiger partial charge in [0.15, 0.2) is 0 Å². The molecule has 0 fully saturated rings. The van der Waals surface area contributed by atoms with Gasteiger partial charge in [-0.1, -0.05) is 19.8 Å². The summed E-state index contributed by atoms with van der Waals surface area (Å²) >= 11 is 0. The van der Waals surface area contributed by atoms with Gasteiger partial charge in [0.1, 0.15) is 5.69 Å². The highest BCUT2D eigenvalue weighted by Crippen LogP contribution is 2.32. The predicted molar refractivity (Wildman–Crippen MR) is 77.7 cm³/mol. The lowest BCUT2D eigenvalue weighted by Crippen LogP contribution is -2.19. The van der Waals surface area contributed by atoms with Gasteiger partial charge in [-0.25, -0.2) is 4.98 Å². The summed E-state index contributed by atoms with van der Waals surface area (Å²) in [5.74, 6) is 0.657. The van der Waals surface area contributed by atoms with Crippen LogP contribution in [0.5, 0.6) is 5.88 Å². The number of unbranched alkanes of at least 4 members (excludes halogenated alkanes) is 1. The van der Waals surface area contributed by atoms with Crippen molar-refractivity contribution in [2.24, 2.45) is 0 Å². The molecule has 1 rings (SSSR count). The minimum atomic E-state index is 0.418. The fourth-order valence-corrected chi connectivity index (χ4v) is 1.93. The summed E-state index contributed by atoms with van der Waals surface area (Å²) in [6, 6.07) is 2.42. The van der Waals surface area contributed by atoms with E-state index in [0.29, 0.717) is 11.9 Å². The minimum Gasteiger partial charge on any atom is -0.479 e. The third kappa shape index (κ3) is 3.79. The molecule has 1 heterocycles. The third-order valence-electron chi connectivity index (χ3n) is 2.95. The molecule has 1 aromatic rings. The normalized spacial score (nSPS) is 12.1. The molecule has 0 spiro atoms. The lowest BCUT2D eigenvalue weighted by atomic mass is 10.1. The number of rotatable bonds is 7. The Kier molecular flexibility index (Phi) is 5.75. The van der Waals surface area contributed by atoms with Crippen LogP contribution in [-0.4, -0.2) is 32.2 Å². The van der Waals surface area contributed by atoms with Crippen molar-refractivity contribution in [1.82, 2.24) is 4.98 Å². The van der Waals surface area contributed by atoms with Gasteiger partial charge in [-0.15, -0.1) is 0 Å². The van der Waals surface area contributed by atoms with Crippen molar-refractivity contribution in [3.8, 4) is 5.88 Å². The topological polar surface area (TPSA) is 37.4 Å². The van der Waals surface area contributed by atoms with Gasteiger partial charge in [0.2, 0.25) is 5.88 Å². The maximum absolute atomic E-state index is 5.34. The van der Waals surface area contributed by atoms with Crippen molar-refractivity contribution in [3.05, 3.63) is 12.3 Å². The van der Waals surface area contributed by atoms with E-state index in [1.54, 1.807) is 13.3 Å². The van der Waals surface area contributed by atoms with Crippen molar-refractivity contribution >= 4 is 11.4 Å². The number of methoxy groups -OCH3 is 1. The molecular formula is C14H25N3O. The Balaban J connectivity index is 2.90. The van der Waals surface area contributed by atoms with E-state index in [-0.39, 0.29) is 0 Å². The highest BCUT2D eigenvalue weighted by atomic mass is 16.5. The molecule has 1 unspecified atom stereocenters. The summed E-state index contributed by atoms with van der Waals surface area (Å²) in [6.07, 6.45) is 5.38. The molecule has 0 radical (unpaired) electrons. The lowest BCUT2D eigenvalue weighted by molar-refractivity contribution is 0.399. The van der Waals surface area contributed by atoms with Crippen LogP contribution >= 0.6 is 0 Å².